The van der Waals surface area contributed by atoms with Gasteiger partial charge in [-0.3, -0.25) is 0 Å². The second-order valence-electron chi connectivity index (χ2n) is 3.70. The van der Waals surface area contributed by atoms with Crippen LogP contribution in [-0.4, -0.2) is 16.8 Å². The molecule has 19 heavy (non-hydrogen) atoms. The van der Waals surface area contributed by atoms with Gasteiger partial charge in [-0.1, -0.05) is 23.2 Å². The van der Waals surface area contributed by atoms with Crippen LogP contribution in [0.2, 0.25) is 10.0 Å². The van der Waals surface area contributed by atoms with Crippen LogP contribution in [0, 0.1) is 5.82 Å². The van der Waals surface area contributed by atoms with Crippen molar-refractivity contribution in [3.05, 3.63) is 45.8 Å². The fourth-order valence-electron chi connectivity index (χ4n) is 1.51. The predicted octanol–water partition coefficient (Wildman–Crippen LogP) is 3.13. The quantitative estimate of drug-likeness (QED) is 0.881. The maximum Gasteiger partial charge on any atom is 0.188 e. The lowest BCUT2D eigenvalue weighted by Gasteiger charge is -2.10. The number of ether oxygens (including phenoxy) is 1. The van der Waals surface area contributed by atoms with E-state index in [-0.39, 0.29) is 17.4 Å². The molecular formula is C12H10Cl2FN3O. The zero-order valence-electron chi connectivity index (χ0n) is 9.74. The predicted molar refractivity (Wildman–Crippen MR) is 72.1 cm³/mol. The Morgan fingerprint density at radius 1 is 1.26 bits per heavy atom. The van der Waals surface area contributed by atoms with E-state index in [1.54, 1.807) is 6.07 Å². The minimum Gasteiger partial charge on any atom is -0.489 e. The maximum atomic E-state index is 13.3. The Bertz CT molecular complexity index is 595. The van der Waals surface area contributed by atoms with Gasteiger partial charge in [0.05, 0.1) is 17.8 Å². The summed E-state index contributed by atoms with van der Waals surface area (Å²) < 4.78 is 18.7. The molecule has 0 spiro atoms. The minimum atomic E-state index is -0.508. The number of nitrogens with two attached hydrogens (primary N) is 1. The molecule has 0 aliphatic heterocycles. The molecule has 1 heterocycles. The number of aromatic nitrogens is 2. The average Bonchev–Trinajstić information content (AvgIpc) is 2.40. The normalized spacial score (nSPS) is 10.5. The van der Waals surface area contributed by atoms with Crippen LogP contribution >= 0.6 is 23.2 Å². The molecule has 1 aromatic carbocycles. The van der Waals surface area contributed by atoms with E-state index in [2.05, 4.69) is 10.2 Å². The molecule has 0 bridgehead atoms. The topological polar surface area (TPSA) is 61.0 Å². The van der Waals surface area contributed by atoms with Gasteiger partial charge in [-0.25, -0.2) is 4.39 Å². The van der Waals surface area contributed by atoms with E-state index in [0.717, 1.165) is 0 Å². The van der Waals surface area contributed by atoms with Crippen LogP contribution in [0.1, 0.15) is 5.56 Å². The first-order valence-corrected chi connectivity index (χ1v) is 6.17. The van der Waals surface area contributed by atoms with Gasteiger partial charge < -0.3 is 10.5 Å². The van der Waals surface area contributed by atoms with Crippen molar-refractivity contribution in [1.82, 2.24) is 10.2 Å². The number of hydrogen-bond acceptors (Lipinski definition) is 4. The molecule has 7 heteroatoms. The Labute approximate surface area is 119 Å². The first-order chi connectivity index (χ1) is 9.09. The van der Waals surface area contributed by atoms with Gasteiger partial charge >= 0.3 is 0 Å². The van der Waals surface area contributed by atoms with Crippen molar-refractivity contribution < 1.29 is 9.13 Å². The van der Waals surface area contributed by atoms with E-state index in [9.17, 15) is 4.39 Å². The first-order valence-electron chi connectivity index (χ1n) is 5.42. The lowest BCUT2D eigenvalue weighted by atomic mass is 10.1. The standard InChI is InChI=1S/C12H10Cl2FN3O/c13-8-1-2-9(15)11(14)7(8)4-6-19-10-3-5-17-18-12(10)16/h1-3,5H,4,6H2,(H2,16,18). The maximum absolute atomic E-state index is 13.3. The van der Waals surface area contributed by atoms with E-state index >= 15 is 0 Å². The second kappa shape index (κ2) is 6.04. The number of anilines is 1. The van der Waals surface area contributed by atoms with E-state index in [4.69, 9.17) is 33.7 Å². The number of nitrogens with zero attached hydrogens (tertiary/aromatic N) is 2. The molecular weight excluding hydrogens is 292 g/mol. The van der Waals surface area contributed by atoms with Crippen LogP contribution in [0.4, 0.5) is 10.2 Å². The van der Waals surface area contributed by atoms with E-state index in [1.807, 2.05) is 0 Å². The van der Waals surface area contributed by atoms with Crippen LogP contribution in [0.15, 0.2) is 24.4 Å². The molecule has 0 radical (unpaired) electrons. The third-order valence-electron chi connectivity index (χ3n) is 2.46. The zero-order valence-corrected chi connectivity index (χ0v) is 11.2. The molecule has 0 aliphatic rings. The molecule has 0 saturated heterocycles. The molecule has 2 aromatic rings. The van der Waals surface area contributed by atoms with Crippen molar-refractivity contribution in [1.29, 1.82) is 0 Å². The molecule has 100 valence electrons. The number of nitrogen functional groups attached to an aromatic ring is 1. The summed E-state index contributed by atoms with van der Waals surface area (Å²) in [5.74, 6) is 0.101. The van der Waals surface area contributed by atoms with Gasteiger partial charge in [0.2, 0.25) is 0 Å². The van der Waals surface area contributed by atoms with Gasteiger partial charge in [0, 0.05) is 17.5 Å². The van der Waals surface area contributed by atoms with Gasteiger partial charge in [0.15, 0.2) is 11.6 Å². The summed E-state index contributed by atoms with van der Waals surface area (Å²) in [6, 6.07) is 4.28. The molecule has 2 N–H and O–H groups in total. The summed E-state index contributed by atoms with van der Waals surface area (Å²) in [5.41, 5.74) is 6.08. The highest BCUT2D eigenvalue weighted by Gasteiger charge is 2.11. The lowest BCUT2D eigenvalue weighted by Crippen LogP contribution is -2.06. The molecule has 0 fully saturated rings. The SMILES string of the molecule is Nc1nnccc1OCCc1c(Cl)ccc(F)c1Cl. The van der Waals surface area contributed by atoms with Gasteiger partial charge in [-0.15, -0.1) is 5.10 Å². The smallest absolute Gasteiger partial charge is 0.188 e. The van der Waals surface area contributed by atoms with Gasteiger partial charge in [-0.2, -0.15) is 5.10 Å². The van der Waals surface area contributed by atoms with Crippen LogP contribution in [0.3, 0.4) is 0 Å². The Balaban J connectivity index is 2.04. The van der Waals surface area contributed by atoms with Crippen molar-refractivity contribution >= 4 is 29.0 Å². The van der Waals surface area contributed by atoms with Crippen molar-refractivity contribution in [2.75, 3.05) is 12.3 Å². The van der Waals surface area contributed by atoms with E-state index < -0.39 is 5.82 Å². The number of halogens is 3. The van der Waals surface area contributed by atoms with Crippen molar-refractivity contribution in [2.45, 2.75) is 6.42 Å². The largest absolute Gasteiger partial charge is 0.489 e. The van der Waals surface area contributed by atoms with Crippen LogP contribution in [-0.2, 0) is 6.42 Å². The van der Waals surface area contributed by atoms with E-state index in [0.29, 0.717) is 22.8 Å². The van der Waals surface area contributed by atoms with Crippen LogP contribution < -0.4 is 10.5 Å². The fraction of sp³-hybridized carbons (Fsp3) is 0.167. The zero-order chi connectivity index (χ0) is 13.8. The van der Waals surface area contributed by atoms with Crippen molar-refractivity contribution in [2.24, 2.45) is 0 Å². The summed E-state index contributed by atoms with van der Waals surface area (Å²) in [4.78, 5) is 0. The molecule has 0 amide bonds. The van der Waals surface area contributed by atoms with E-state index in [1.165, 1.54) is 18.3 Å². The number of rotatable bonds is 4. The van der Waals surface area contributed by atoms with Crippen molar-refractivity contribution in [3.63, 3.8) is 0 Å². The summed E-state index contributed by atoms with van der Waals surface area (Å²) >= 11 is 11.8. The second-order valence-corrected chi connectivity index (χ2v) is 4.49. The molecule has 0 saturated carbocycles. The Morgan fingerprint density at radius 3 is 2.79 bits per heavy atom. The monoisotopic (exact) mass is 301 g/mol. The molecule has 0 aliphatic carbocycles. The molecule has 2 rings (SSSR count). The van der Waals surface area contributed by atoms with Crippen LogP contribution in [0.25, 0.3) is 0 Å². The molecule has 0 atom stereocenters. The Hall–Kier alpha value is -1.59. The first kappa shape index (κ1) is 13.8. The summed E-state index contributed by atoms with van der Waals surface area (Å²) in [6.07, 6.45) is 1.82. The molecule has 4 nitrogen and oxygen atoms in total. The van der Waals surface area contributed by atoms with Gasteiger partial charge in [0.25, 0.3) is 0 Å². The molecule has 1 aromatic heterocycles. The fourth-order valence-corrected chi connectivity index (χ4v) is 2.07. The van der Waals surface area contributed by atoms with Crippen LogP contribution in [0.5, 0.6) is 5.75 Å². The van der Waals surface area contributed by atoms with Gasteiger partial charge in [-0.05, 0) is 17.7 Å². The lowest BCUT2D eigenvalue weighted by molar-refractivity contribution is 0.322. The Kier molecular flexibility index (Phi) is 4.39. The molecule has 0 unspecified atom stereocenters. The highest BCUT2D eigenvalue weighted by Crippen LogP contribution is 2.28. The van der Waals surface area contributed by atoms with Crippen molar-refractivity contribution in [3.8, 4) is 5.75 Å². The third-order valence-corrected chi connectivity index (χ3v) is 3.22. The minimum absolute atomic E-state index is 0.0110. The highest BCUT2D eigenvalue weighted by atomic mass is 35.5. The number of benzene rings is 1. The number of hydrogen-bond donors (Lipinski definition) is 1. The highest BCUT2D eigenvalue weighted by molar-refractivity contribution is 6.36. The summed E-state index contributed by atoms with van der Waals surface area (Å²) in [6.45, 7) is 0.249. The summed E-state index contributed by atoms with van der Waals surface area (Å²) in [5, 5.41) is 7.66. The third kappa shape index (κ3) is 3.24. The van der Waals surface area contributed by atoms with Gasteiger partial charge in [0.1, 0.15) is 5.82 Å². The Morgan fingerprint density at radius 2 is 2.05 bits per heavy atom. The average molecular weight is 302 g/mol. The summed E-state index contributed by atoms with van der Waals surface area (Å²) in [7, 11) is 0.